The highest BCUT2D eigenvalue weighted by molar-refractivity contribution is 5.86. The van der Waals surface area contributed by atoms with Crippen LogP contribution in [0.3, 0.4) is 0 Å². The van der Waals surface area contributed by atoms with Crippen molar-refractivity contribution in [2.45, 2.75) is 25.2 Å². The van der Waals surface area contributed by atoms with Gasteiger partial charge in [-0.1, -0.05) is 43.3 Å². The largest absolute Gasteiger partial charge is 0.418 e. The van der Waals surface area contributed by atoms with Crippen molar-refractivity contribution >= 4 is 23.0 Å². The fraction of sp³-hybridized carbons (Fsp3) is 0.217. The zero-order valence-corrected chi connectivity index (χ0v) is 16.2. The van der Waals surface area contributed by atoms with Gasteiger partial charge >= 0.3 is 6.18 Å². The molecule has 3 atom stereocenters. The number of allylic oxidation sites excluding steroid dienone is 1. The highest BCUT2D eigenvalue weighted by Gasteiger charge is 2.50. The summed E-state index contributed by atoms with van der Waals surface area (Å²) < 4.78 is 41.7. The van der Waals surface area contributed by atoms with Crippen LogP contribution in [0.25, 0.3) is 0 Å². The van der Waals surface area contributed by atoms with E-state index in [0.29, 0.717) is 11.6 Å². The first-order valence-corrected chi connectivity index (χ1v) is 9.70. The third-order valence-corrected chi connectivity index (χ3v) is 5.96. The van der Waals surface area contributed by atoms with E-state index in [4.69, 9.17) is 0 Å². The monoisotopic (exact) mass is 408 g/mol. The Balaban J connectivity index is 1.79. The van der Waals surface area contributed by atoms with E-state index in [9.17, 15) is 13.2 Å². The molecule has 0 saturated carbocycles. The first kappa shape index (κ1) is 18.7. The van der Waals surface area contributed by atoms with Crippen LogP contribution in [0.5, 0.6) is 0 Å². The van der Waals surface area contributed by atoms with Gasteiger partial charge in [0.15, 0.2) is 11.6 Å². The van der Waals surface area contributed by atoms with Gasteiger partial charge in [0.25, 0.3) is 0 Å². The summed E-state index contributed by atoms with van der Waals surface area (Å²) in [4.78, 5) is 12.7. The standard InChI is InChI=1S/C23H19F3N4/c1-3-15-14(2)22-29(18-10-6-4-8-16(15)18)20-21(28-13-12-27-20)30(22)19-11-7-5-9-17(19)23(24,25)26/h3-15,22H,1H2,2H3. The number of fused-ring (bicyclic) bond motifs is 5. The number of alkyl halides is 3. The molecule has 30 heavy (non-hydrogen) atoms. The van der Waals surface area contributed by atoms with Crippen LogP contribution in [0.4, 0.5) is 36.2 Å². The molecule has 0 spiro atoms. The maximum atomic E-state index is 13.9. The number of rotatable bonds is 2. The lowest BCUT2D eigenvalue weighted by atomic mass is 9.80. The lowest BCUT2D eigenvalue weighted by Gasteiger charge is -2.44. The van der Waals surface area contributed by atoms with Gasteiger partial charge in [-0.3, -0.25) is 0 Å². The van der Waals surface area contributed by atoms with Gasteiger partial charge in [-0.25, -0.2) is 9.97 Å². The van der Waals surface area contributed by atoms with Crippen LogP contribution in [0, 0.1) is 5.92 Å². The van der Waals surface area contributed by atoms with Crippen molar-refractivity contribution in [2.24, 2.45) is 5.92 Å². The minimum absolute atomic E-state index is 0.0164. The van der Waals surface area contributed by atoms with Crippen molar-refractivity contribution in [1.82, 2.24) is 9.97 Å². The number of anilines is 4. The molecule has 3 heterocycles. The van der Waals surface area contributed by atoms with Gasteiger partial charge in [-0.2, -0.15) is 13.2 Å². The van der Waals surface area contributed by atoms with Crippen molar-refractivity contribution < 1.29 is 13.2 Å². The van der Waals surface area contributed by atoms with Gasteiger partial charge in [0.05, 0.1) is 11.3 Å². The molecule has 0 aliphatic carbocycles. The fourth-order valence-corrected chi connectivity index (χ4v) is 4.74. The van der Waals surface area contributed by atoms with Gasteiger partial charge in [-0.05, 0) is 23.8 Å². The number of benzene rings is 2. The van der Waals surface area contributed by atoms with Crippen molar-refractivity contribution in [1.29, 1.82) is 0 Å². The first-order chi connectivity index (χ1) is 14.4. The molecule has 0 saturated heterocycles. The molecule has 2 aliphatic rings. The molecule has 0 bridgehead atoms. The van der Waals surface area contributed by atoms with Gasteiger partial charge in [0.2, 0.25) is 0 Å². The van der Waals surface area contributed by atoms with Gasteiger partial charge in [-0.15, -0.1) is 6.58 Å². The average Bonchev–Trinajstić information content (AvgIpc) is 3.09. The molecule has 5 rings (SSSR count). The zero-order chi connectivity index (χ0) is 21.0. The second-order valence-electron chi connectivity index (χ2n) is 7.55. The van der Waals surface area contributed by atoms with Gasteiger partial charge in [0.1, 0.15) is 6.17 Å². The molecule has 4 nitrogen and oxygen atoms in total. The third kappa shape index (κ3) is 2.54. The Morgan fingerprint density at radius 3 is 2.10 bits per heavy atom. The number of para-hydroxylation sites is 2. The Kier molecular flexibility index (Phi) is 4.10. The third-order valence-electron chi connectivity index (χ3n) is 5.96. The van der Waals surface area contributed by atoms with E-state index in [1.54, 1.807) is 17.2 Å². The number of halogens is 3. The quantitative estimate of drug-likeness (QED) is 0.485. The molecule has 2 aromatic carbocycles. The Hall–Kier alpha value is -3.35. The van der Waals surface area contributed by atoms with Crippen molar-refractivity contribution in [3.8, 4) is 0 Å². The molecule has 7 heteroatoms. The summed E-state index contributed by atoms with van der Waals surface area (Å²) in [7, 11) is 0. The summed E-state index contributed by atoms with van der Waals surface area (Å²) in [5, 5.41) is 0. The van der Waals surface area contributed by atoms with E-state index >= 15 is 0 Å². The van der Waals surface area contributed by atoms with Crippen LogP contribution < -0.4 is 9.80 Å². The van der Waals surface area contributed by atoms with E-state index < -0.39 is 17.9 Å². The molecule has 0 N–H and O–H groups in total. The molecule has 1 aromatic heterocycles. The average molecular weight is 408 g/mol. The Labute approximate surface area is 172 Å². The van der Waals surface area contributed by atoms with Crippen LogP contribution in [0.2, 0.25) is 0 Å². The SMILES string of the molecule is C=CC1c2ccccc2N2c3nccnc3N(c3ccccc3C(F)(F)F)C2C1C. The van der Waals surface area contributed by atoms with Crippen LogP contribution in [0.1, 0.15) is 24.0 Å². The van der Waals surface area contributed by atoms with E-state index in [0.717, 1.165) is 17.3 Å². The highest BCUT2D eigenvalue weighted by atomic mass is 19.4. The summed E-state index contributed by atoms with van der Waals surface area (Å²) in [5.41, 5.74) is 1.39. The number of nitrogens with zero attached hydrogens (tertiary/aromatic N) is 4. The topological polar surface area (TPSA) is 32.3 Å². The number of aromatic nitrogens is 2. The van der Waals surface area contributed by atoms with Gasteiger partial charge < -0.3 is 9.80 Å². The minimum Gasteiger partial charge on any atom is -0.301 e. The van der Waals surface area contributed by atoms with Crippen molar-refractivity contribution in [3.63, 3.8) is 0 Å². The van der Waals surface area contributed by atoms with Crippen LogP contribution in [-0.2, 0) is 6.18 Å². The predicted octanol–water partition coefficient (Wildman–Crippen LogP) is 6.03. The molecule has 3 aromatic rings. The highest BCUT2D eigenvalue weighted by Crippen LogP contribution is 2.55. The predicted molar refractivity (Wildman–Crippen MR) is 110 cm³/mol. The van der Waals surface area contributed by atoms with Crippen LogP contribution in [-0.4, -0.2) is 16.1 Å². The summed E-state index contributed by atoms with van der Waals surface area (Å²) in [6.07, 6.45) is 0.0616. The Bertz CT molecular complexity index is 1130. The van der Waals surface area contributed by atoms with Gasteiger partial charge in [0, 0.05) is 29.9 Å². The molecular formula is C23H19F3N4. The minimum atomic E-state index is -4.49. The lowest BCUT2D eigenvalue weighted by molar-refractivity contribution is -0.137. The van der Waals surface area contributed by atoms with Crippen LogP contribution in [0.15, 0.2) is 73.6 Å². The molecule has 3 unspecified atom stereocenters. The van der Waals surface area contributed by atoms with E-state index in [2.05, 4.69) is 16.5 Å². The van der Waals surface area contributed by atoms with E-state index in [-0.39, 0.29) is 17.5 Å². The summed E-state index contributed by atoms with van der Waals surface area (Å²) in [5.74, 6) is 0.902. The molecule has 2 aliphatic heterocycles. The summed E-state index contributed by atoms with van der Waals surface area (Å²) >= 11 is 0. The maximum absolute atomic E-state index is 13.9. The molecule has 0 fully saturated rings. The van der Waals surface area contributed by atoms with E-state index in [1.807, 2.05) is 42.2 Å². The van der Waals surface area contributed by atoms with E-state index in [1.165, 1.54) is 18.3 Å². The second-order valence-corrected chi connectivity index (χ2v) is 7.55. The smallest absolute Gasteiger partial charge is 0.301 e. The second kappa shape index (κ2) is 6.58. The maximum Gasteiger partial charge on any atom is 0.418 e. The molecule has 0 amide bonds. The lowest BCUT2D eigenvalue weighted by Crippen LogP contribution is -2.48. The summed E-state index contributed by atoms with van der Waals surface area (Å²) in [6.45, 7) is 6.04. The number of hydrogen-bond donors (Lipinski definition) is 0. The Morgan fingerprint density at radius 2 is 1.47 bits per heavy atom. The summed E-state index contributed by atoms with van der Waals surface area (Å²) in [6, 6.07) is 13.5. The van der Waals surface area contributed by atoms with Crippen molar-refractivity contribution in [3.05, 3.63) is 84.7 Å². The molecule has 0 radical (unpaired) electrons. The van der Waals surface area contributed by atoms with Crippen LogP contribution >= 0.6 is 0 Å². The fourth-order valence-electron chi connectivity index (χ4n) is 4.74. The molecular weight excluding hydrogens is 389 g/mol. The molecule has 152 valence electrons. The number of hydrogen-bond acceptors (Lipinski definition) is 4. The Morgan fingerprint density at radius 1 is 0.900 bits per heavy atom. The first-order valence-electron chi connectivity index (χ1n) is 9.70. The zero-order valence-electron chi connectivity index (χ0n) is 16.2. The van der Waals surface area contributed by atoms with Crippen molar-refractivity contribution in [2.75, 3.05) is 9.80 Å². The normalized spacial score (nSPS) is 22.3.